The molecule has 0 fully saturated rings. The number of nitrogens with one attached hydrogen (secondary N) is 2. The number of amides is 1. The predicted molar refractivity (Wildman–Crippen MR) is 57.3 cm³/mol. The third kappa shape index (κ3) is 8.18. The molecule has 16 heavy (non-hydrogen) atoms. The van der Waals surface area contributed by atoms with E-state index in [-0.39, 0.29) is 25.1 Å². The fourth-order valence-corrected chi connectivity index (χ4v) is 1.94. The van der Waals surface area contributed by atoms with E-state index in [0.717, 1.165) is 0 Å². The van der Waals surface area contributed by atoms with Crippen LogP contribution in [0.2, 0.25) is 0 Å². The zero-order valence-corrected chi connectivity index (χ0v) is 9.84. The van der Waals surface area contributed by atoms with Crippen LogP contribution in [0.1, 0.15) is 19.8 Å². The molecule has 0 aliphatic rings. The summed E-state index contributed by atoms with van der Waals surface area (Å²) < 4.78 is 24.6. The largest absolute Gasteiger partial charge is 0.481 e. The van der Waals surface area contributed by atoms with Gasteiger partial charge in [0.2, 0.25) is 15.9 Å². The second kappa shape index (κ2) is 7.18. The molecule has 1 amide bonds. The maximum Gasteiger partial charge on any atom is 0.303 e. The molecule has 0 saturated carbocycles. The van der Waals surface area contributed by atoms with E-state index in [1.807, 2.05) is 0 Å². The van der Waals surface area contributed by atoms with Gasteiger partial charge in [-0.25, -0.2) is 13.1 Å². The highest BCUT2D eigenvalue weighted by molar-refractivity contribution is 7.89. The Hall–Kier alpha value is -1.15. The van der Waals surface area contributed by atoms with E-state index in [1.165, 1.54) is 0 Å². The number of carbonyl (C=O) groups is 2. The van der Waals surface area contributed by atoms with Crippen molar-refractivity contribution in [2.75, 3.05) is 18.8 Å². The van der Waals surface area contributed by atoms with Gasteiger partial charge in [0.05, 0.1) is 12.3 Å². The summed E-state index contributed by atoms with van der Waals surface area (Å²) in [4.78, 5) is 21.1. The minimum Gasteiger partial charge on any atom is -0.481 e. The van der Waals surface area contributed by atoms with Gasteiger partial charge in [0, 0.05) is 13.0 Å². The molecular formula is C8H16N2O5S. The van der Waals surface area contributed by atoms with Crippen molar-refractivity contribution in [1.82, 2.24) is 10.0 Å². The first-order valence-corrected chi connectivity index (χ1v) is 6.48. The van der Waals surface area contributed by atoms with Crippen LogP contribution in [-0.2, 0) is 19.6 Å². The van der Waals surface area contributed by atoms with Gasteiger partial charge >= 0.3 is 5.97 Å². The van der Waals surface area contributed by atoms with Gasteiger partial charge < -0.3 is 10.4 Å². The van der Waals surface area contributed by atoms with Crippen molar-refractivity contribution in [2.24, 2.45) is 0 Å². The standard InChI is InChI=1S/C8H16N2O5S/c1-2-9-7(11)6-10-16(14,15)5-3-4-8(12)13/h10H,2-6H2,1H3,(H,9,11)(H,12,13). The SMILES string of the molecule is CCNC(=O)CNS(=O)(=O)CCCC(=O)O. The Morgan fingerprint density at radius 2 is 1.94 bits per heavy atom. The molecule has 0 bridgehead atoms. The zero-order valence-electron chi connectivity index (χ0n) is 9.02. The maximum absolute atomic E-state index is 11.2. The Morgan fingerprint density at radius 3 is 2.44 bits per heavy atom. The fourth-order valence-electron chi connectivity index (χ4n) is 0.921. The lowest BCUT2D eigenvalue weighted by molar-refractivity contribution is -0.137. The van der Waals surface area contributed by atoms with Crippen LogP contribution >= 0.6 is 0 Å². The summed E-state index contributed by atoms with van der Waals surface area (Å²) >= 11 is 0. The van der Waals surface area contributed by atoms with Crippen LogP contribution in [0.3, 0.4) is 0 Å². The third-order valence-corrected chi connectivity index (χ3v) is 3.04. The number of hydrogen-bond donors (Lipinski definition) is 3. The molecule has 0 unspecified atom stereocenters. The molecule has 0 aliphatic heterocycles. The quantitative estimate of drug-likeness (QED) is 0.508. The first-order chi connectivity index (χ1) is 7.37. The molecule has 8 heteroatoms. The third-order valence-electron chi connectivity index (χ3n) is 1.63. The van der Waals surface area contributed by atoms with Crippen molar-refractivity contribution in [1.29, 1.82) is 0 Å². The predicted octanol–water partition coefficient (Wildman–Crippen LogP) is -1.09. The number of aliphatic carboxylic acids is 1. The summed E-state index contributed by atoms with van der Waals surface area (Å²) in [6, 6.07) is 0. The normalized spacial score (nSPS) is 11.1. The molecule has 94 valence electrons. The number of carboxylic acids is 1. The van der Waals surface area contributed by atoms with Crippen molar-refractivity contribution in [2.45, 2.75) is 19.8 Å². The van der Waals surface area contributed by atoms with Crippen LogP contribution in [0.25, 0.3) is 0 Å². The van der Waals surface area contributed by atoms with Crippen LogP contribution in [-0.4, -0.2) is 44.2 Å². The maximum atomic E-state index is 11.2. The average Bonchev–Trinajstić information content (AvgIpc) is 2.14. The lowest BCUT2D eigenvalue weighted by Crippen LogP contribution is -2.37. The van der Waals surface area contributed by atoms with E-state index in [1.54, 1.807) is 6.92 Å². The summed E-state index contributed by atoms with van der Waals surface area (Å²) in [7, 11) is -3.56. The number of hydrogen-bond acceptors (Lipinski definition) is 4. The molecule has 0 heterocycles. The lowest BCUT2D eigenvalue weighted by atomic mass is 10.3. The van der Waals surface area contributed by atoms with Crippen LogP contribution < -0.4 is 10.0 Å². The van der Waals surface area contributed by atoms with E-state index in [0.29, 0.717) is 6.54 Å². The Labute approximate surface area is 94.3 Å². The molecule has 0 rings (SSSR count). The van der Waals surface area contributed by atoms with Crippen LogP contribution in [0.4, 0.5) is 0 Å². The van der Waals surface area contributed by atoms with Crippen molar-refractivity contribution in [3.8, 4) is 0 Å². The number of carboxylic acid groups (broad SMARTS) is 1. The Bertz CT molecular complexity index is 338. The van der Waals surface area contributed by atoms with Gasteiger partial charge in [0.15, 0.2) is 0 Å². The van der Waals surface area contributed by atoms with Gasteiger partial charge in [0.25, 0.3) is 0 Å². The number of likely N-dealkylation sites (N-methyl/N-ethyl adjacent to an activating group) is 1. The Morgan fingerprint density at radius 1 is 1.31 bits per heavy atom. The molecule has 0 aromatic rings. The van der Waals surface area contributed by atoms with Crippen molar-refractivity contribution < 1.29 is 23.1 Å². The number of sulfonamides is 1. The number of carbonyl (C=O) groups excluding carboxylic acids is 1. The second-order valence-electron chi connectivity index (χ2n) is 3.09. The molecule has 0 radical (unpaired) electrons. The summed E-state index contributed by atoms with van der Waals surface area (Å²) in [5.74, 6) is -1.75. The van der Waals surface area contributed by atoms with Gasteiger partial charge in [-0.1, -0.05) is 0 Å². The van der Waals surface area contributed by atoms with Gasteiger partial charge in [-0.05, 0) is 13.3 Å². The highest BCUT2D eigenvalue weighted by Gasteiger charge is 2.12. The fraction of sp³-hybridized carbons (Fsp3) is 0.750. The van der Waals surface area contributed by atoms with Gasteiger partial charge in [0.1, 0.15) is 0 Å². The number of rotatable bonds is 8. The summed E-state index contributed by atoms with van der Waals surface area (Å²) in [6.07, 6.45) is -0.178. The molecule has 0 aromatic heterocycles. The molecule has 7 nitrogen and oxygen atoms in total. The van der Waals surface area contributed by atoms with E-state index in [4.69, 9.17) is 5.11 Å². The molecular weight excluding hydrogens is 236 g/mol. The van der Waals surface area contributed by atoms with Crippen LogP contribution in [0.15, 0.2) is 0 Å². The van der Waals surface area contributed by atoms with Gasteiger partial charge in [-0.15, -0.1) is 0 Å². The molecule has 0 aliphatic carbocycles. The molecule has 0 aromatic carbocycles. The lowest BCUT2D eigenvalue weighted by Gasteiger charge is -2.05. The molecule has 0 saturated heterocycles. The first-order valence-electron chi connectivity index (χ1n) is 4.83. The van der Waals surface area contributed by atoms with Crippen LogP contribution in [0.5, 0.6) is 0 Å². The van der Waals surface area contributed by atoms with E-state index in [9.17, 15) is 18.0 Å². The topological polar surface area (TPSA) is 113 Å². The van der Waals surface area contributed by atoms with E-state index < -0.39 is 21.9 Å². The van der Waals surface area contributed by atoms with Gasteiger partial charge in [-0.3, -0.25) is 9.59 Å². The van der Waals surface area contributed by atoms with Crippen LogP contribution in [0, 0.1) is 0 Å². The molecule has 3 N–H and O–H groups in total. The second-order valence-corrected chi connectivity index (χ2v) is 5.02. The Balaban J connectivity index is 3.87. The summed E-state index contributed by atoms with van der Waals surface area (Å²) in [5.41, 5.74) is 0. The zero-order chi connectivity index (χ0) is 12.6. The van der Waals surface area contributed by atoms with E-state index in [2.05, 4.69) is 10.0 Å². The van der Waals surface area contributed by atoms with Crippen molar-refractivity contribution in [3.63, 3.8) is 0 Å². The first kappa shape index (κ1) is 14.8. The smallest absolute Gasteiger partial charge is 0.303 e. The monoisotopic (exact) mass is 252 g/mol. The molecule has 0 spiro atoms. The minimum atomic E-state index is -3.56. The summed E-state index contributed by atoms with van der Waals surface area (Å²) in [6.45, 7) is 1.84. The minimum absolute atomic E-state index is 0.0278. The highest BCUT2D eigenvalue weighted by atomic mass is 32.2. The Kier molecular flexibility index (Phi) is 6.66. The van der Waals surface area contributed by atoms with E-state index >= 15 is 0 Å². The molecule has 0 atom stereocenters. The summed E-state index contributed by atoms with van der Waals surface area (Å²) in [5, 5.41) is 10.8. The average molecular weight is 252 g/mol. The van der Waals surface area contributed by atoms with Crippen molar-refractivity contribution in [3.05, 3.63) is 0 Å². The highest BCUT2D eigenvalue weighted by Crippen LogP contribution is 1.94. The van der Waals surface area contributed by atoms with Crippen molar-refractivity contribution >= 4 is 21.9 Å². The van der Waals surface area contributed by atoms with Gasteiger partial charge in [-0.2, -0.15) is 0 Å².